The highest BCUT2D eigenvalue weighted by atomic mass is 35.5. The van der Waals surface area contributed by atoms with Crippen LogP contribution in [0.2, 0.25) is 5.28 Å². The molecule has 0 aliphatic rings. The first kappa shape index (κ1) is 23.3. The Morgan fingerprint density at radius 3 is 2.42 bits per heavy atom. The lowest BCUT2D eigenvalue weighted by atomic mass is 10.1. The number of rotatable bonds is 6. The molecule has 0 aliphatic carbocycles. The third kappa shape index (κ3) is 4.92. The second-order valence-corrected chi connectivity index (χ2v) is 9.73. The molecule has 4 aromatic rings. The van der Waals surface area contributed by atoms with E-state index in [-0.39, 0.29) is 16.9 Å². The molecule has 4 rings (SSSR count). The maximum atomic E-state index is 14.5. The lowest BCUT2D eigenvalue weighted by molar-refractivity contribution is 0.535. The Kier molecular flexibility index (Phi) is 6.78. The molecule has 0 spiro atoms. The molecular formula is C22H16ClF3N4OS2. The van der Waals surface area contributed by atoms with Gasteiger partial charge in [-0.3, -0.25) is 4.72 Å². The number of hydrogen-bond donors (Lipinski definition) is 1. The molecule has 0 amide bonds. The number of halogens is 4. The van der Waals surface area contributed by atoms with Crippen molar-refractivity contribution in [2.75, 3.05) is 4.72 Å². The average Bonchev–Trinajstić information content (AvgIpc) is 3.21. The zero-order valence-electron chi connectivity index (χ0n) is 17.3. The minimum Gasteiger partial charge on any atom is -0.298 e. The molecule has 2 aromatic carbocycles. The summed E-state index contributed by atoms with van der Waals surface area (Å²) in [6.45, 7) is 3.98. The van der Waals surface area contributed by atoms with Gasteiger partial charge in [-0.15, -0.1) is 11.3 Å². The number of nitrogens with zero attached hydrogens (tertiary/aromatic N) is 3. The van der Waals surface area contributed by atoms with Crippen molar-refractivity contribution >= 4 is 39.6 Å². The lowest BCUT2D eigenvalue weighted by Crippen LogP contribution is -2.10. The molecule has 33 heavy (non-hydrogen) atoms. The van der Waals surface area contributed by atoms with E-state index in [1.807, 2.05) is 13.8 Å². The molecule has 170 valence electrons. The van der Waals surface area contributed by atoms with Gasteiger partial charge in [-0.25, -0.2) is 32.3 Å². The van der Waals surface area contributed by atoms with Crippen LogP contribution in [0.1, 0.15) is 24.8 Å². The number of aromatic nitrogens is 3. The fourth-order valence-corrected chi connectivity index (χ4v) is 5.13. The van der Waals surface area contributed by atoms with E-state index in [0.29, 0.717) is 21.8 Å². The molecule has 1 atom stereocenters. The molecule has 0 bridgehead atoms. The summed E-state index contributed by atoms with van der Waals surface area (Å²) in [5.41, 5.74) is 1.37. The van der Waals surface area contributed by atoms with Gasteiger partial charge in [0, 0.05) is 17.7 Å². The van der Waals surface area contributed by atoms with Crippen LogP contribution in [0.15, 0.2) is 53.6 Å². The molecule has 0 aliphatic heterocycles. The highest BCUT2D eigenvalue weighted by Crippen LogP contribution is 2.39. The maximum Gasteiger partial charge on any atom is 0.222 e. The summed E-state index contributed by atoms with van der Waals surface area (Å²) in [5, 5.41) is 0.896. The molecule has 0 fully saturated rings. The van der Waals surface area contributed by atoms with E-state index in [1.54, 1.807) is 6.07 Å². The highest BCUT2D eigenvalue weighted by Gasteiger charge is 2.21. The van der Waals surface area contributed by atoms with Crippen molar-refractivity contribution in [3.05, 3.63) is 76.4 Å². The second kappa shape index (κ2) is 9.58. The topological polar surface area (TPSA) is 67.8 Å². The second-order valence-electron chi connectivity index (χ2n) is 7.21. The molecule has 11 heteroatoms. The summed E-state index contributed by atoms with van der Waals surface area (Å²) in [6.07, 6.45) is 1.52. The molecule has 0 radical (unpaired) electrons. The maximum absolute atomic E-state index is 14.5. The normalized spacial score (nSPS) is 12.2. The molecular weight excluding hydrogens is 493 g/mol. The van der Waals surface area contributed by atoms with Crippen LogP contribution < -0.4 is 4.72 Å². The molecule has 0 saturated heterocycles. The number of thiazole rings is 1. The van der Waals surface area contributed by atoms with Crippen LogP contribution in [0.5, 0.6) is 0 Å². The summed E-state index contributed by atoms with van der Waals surface area (Å²) in [6, 6.07) is 8.86. The first-order valence-electron chi connectivity index (χ1n) is 9.66. The van der Waals surface area contributed by atoms with Gasteiger partial charge in [0.15, 0.2) is 11.0 Å². The molecule has 2 heterocycles. The standard InChI is InChI=1S/C22H16ClF3N4OS2/c1-11(2)21-29-18(19(32-21)16-8-9-27-22(23)28-16)12-6-7-13(24)17(10-12)30-33(31)20-14(25)4-3-5-15(20)26/h3-11,30H,1-2H3. The Bertz CT molecular complexity index is 1340. The van der Waals surface area contributed by atoms with Gasteiger partial charge in [-0.1, -0.05) is 19.9 Å². The van der Waals surface area contributed by atoms with Crippen molar-refractivity contribution in [1.82, 2.24) is 15.0 Å². The highest BCUT2D eigenvalue weighted by molar-refractivity contribution is 7.86. The van der Waals surface area contributed by atoms with Crippen molar-refractivity contribution in [3.63, 3.8) is 0 Å². The zero-order chi connectivity index (χ0) is 23.7. The summed E-state index contributed by atoms with van der Waals surface area (Å²) < 4.78 is 57.5. The molecule has 2 aromatic heterocycles. The van der Waals surface area contributed by atoms with Gasteiger partial charge in [-0.2, -0.15) is 0 Å². The van der Waals surface area contributed by atoms with Gasteiger partial charge >= 0.3 is 0 Å². The third-order valence-corrected chi connectivity index (χ3v) is 7.27. The van der Waals surface area contributed by atoms with Crippen LogP contribution in [0.3, 0.4) is 0 Å². The van der Waals surface area contributed by atoms with Gasteiger partial charge in [0.1, 0.15) is 22.3 Å². The predicted molar refractivity (Wildman–Crippen MR) is 124 cm³/mol. The molecule has 5 nitrogen and oxygen atoms in total. The van der Waals surface area contributed by atoms with E-state index in [4.69, 9.17) is 16.6 Å². The lowest BCUT2D eigenvalue weighted by Gasteiger charge is -2.10. The fraction of sp³-hybridized carbons (Fsp3) is 0.136. The van der Waals surface area contributed by atoms with E-state index < -0.39 is 33.3 Å². The molecule has 1 unspecified atom stereocenters. The van der Waals surface area contributed by atoms with Crippen LogP contribution in [-0.4, -0.2) is 19.2 Å². The van der Waals surface area contributed by atoms with Crippen molar-refractivity contribution in [2.45, 2.75) is 24.7 Å². The van der Waals surface area contributed by atoms with Crippen molar-refractivity contribution in [3.8, 4) is 21.8 Å². The van der Waals surface area contributed by atoms with Crippen LogP contribution >= 0.6 is 22.9 Å². The Morgan fingerprint density at radius 2 is 1.76 bits per heavy atom. The summed E-state index contributed by atoms with van der Waals surface area (Å²) in [5.74, 6) is -2.62. The predicted octanol–water partition coefficient (Wildman–Crippen LogP) is 6.60. The van der Waals surface area contributed by atoms with Crippen molar-refractivity contribution in [1.29, 1.82) is 0 Å². The van der Waals surface area contributed by atoms with Crippen molar-refractivity contribution < 1.29 is 17.4 Å². The van der Waals surface area contributed by atoms with Crippen LogP contribution in [0.4, 0.5) is 18.9 Å². The van der Waals surface area contributed by atoms with E-state index >= 15 is 0 Å². The van der Waals surface area contributed by atoms with Crippen molar-refractivity contribution in [2.24, 2.45) is 0 Å². The number of hydrogen-bond acceptors (Lipinski definition) is 5. The van der Waals surface area contributed by atoms with Gasteiger partial charge in [-0.05, 0) is 48.0 Å². The Labute approximate surface area is 199 Å². The quantitative estimate of drug-likeness (QED) is 0.298. The zero-order valence-corrected chi connectivity index (χ0v) is 19.7. The van der Waals surface area contributed by atoms with Gasteiger partial charge in [0.2, 0.25) is 5.28 Å². The van der Waals surface area contributed by atoms with E-state index in [9.17, 15) is 17.4 Å². The largest absolute Gasteiger partial charge is 0.298 e. The van der Waals surface area contributed by atoms with Crippen LogP contribution in [-0.2, 0) is 11.0 Å². The van der Waals surface area contributed by atoms with E-state index in [0.717, 1.165) is 29.3 Å². The number of anilines is 1. The van der Waals surface area contributed by atoms with E-state index in [1.165, 1.54) is 29.7 Å². The van der Waals surface area contributed by atoms with Crippen LogP contribution in [0, 0.1) is 17.5 Å². The summed E-state index contributed by atoms with van der Waals surface area (Å²) >= 11 is 7.37. The third-order valence-electron chi connectivity index (χ3n) is 4.54. The molecule has 1 N–H and O–H groups in total. The number of nitrogens with one attached hydrogen (secondary N) is 1. The smallest absolute Gasteiger partial charge is 0.222 e. The monoisotopic (exact) mass is 508 g/mol. The Hall–Kier alpha value is -2.82. The van der Waals surface area contributed by atoms with Gasteiger partial charge in [0.25, 0.3) is 0 Å². The Balaban J connectivity index is 1.77. The minimum absolute atomic E-state index is 0.0710. The van der Waals surface area contributed by atoms with Gasteiger partial charge < -0.3 is 0 Å². The SMILES string of the molecule is CC(C)c1nc(-c2ccc(F)c(NS(=O)c3c(F)cccc3F)c2)c(-c2ccnc(Cl)n2)s1. The fourth-order valence-electron chi connectivity index (χ4n) is 2.98. The Morgan fingerprint density at radius 1 is 1.03 bits per heavy atom. The van der Waals surface area contributed by atoms with E-state index in [2.05, 4.69) is 14.7 Å². The summed E-state index contributed by atoms with van der Waals surface area (Å²) in [7, 11) is -2.37. The average molecular weight is 509 g/mol. The van der Waals surface area contributed by atoms with Crippen LogP contribution in [0.25, 0.3) is 21.8 Å². The first-order chi connectivity index (χ1) is 15.7. The van der Waals surface area contributed by atoms with Gasteiger partial charge in [0.05, 0.1) is 27.0 Å². The minimum atomic E-state index is -2.37. The summed E-state index contributed by atoms with van der Waals surface area (Å²) in [4.78, 5) is 12.8. The number of benzene rings is 2. The molecule has 0 saturated carbocycles. The first-order valence-corrected chi connectivity index (χ1v) is 12.0.